The van der Waals surface area contributed by atoms with Crippen LogP contribution in [0.3, 0.4) is 0 Å². The van der Waals surface area contributed by atoms with Crippen molar-refractivity contribution in [1.82, 2.24) is 10.3 Å². The second-order valence-corrected chi connectivity index (χ2v) is 6.87. The van der Waals surface area contributed by atoms with E-state index in [0.29, 0.717) is 6.04 Å². The van der Waals surface area contributed by atoms with Crippen molar-refractivity contribution in [2.45, 2.75) is 46.6 Å². The molecule has 0 spiro atoms. The van der Waals surface area contributed by atoms with E-state index in [-0.39, 0.29) is 0 Å². The van der Waals surface area contributed by atoms with Gasteiger partial charge in [-0.3, -0.25) is 0 Å². The molecular formula is C13H24N2S2. The Morgan fingerprint density at radius 1 is 1.35 bits per heavy atom. The number of nitrogens with zero attached hydrogens (tertiary/aromatic N) is 1. The summed E-state index contributed by atoms with van der Waals surface area (Å²) in [4.78, 5) is 5.99. The zero-order valence-electron chi connectivity index (χ0n) is 11.4. The number of thiazole rings is 1. The molecule has 1 rings (SSSR count). The number of aromatic nitrogens is 1. The van der Waals surface area contributed by atoms with Crippen LogP contribution < -0.4 is 5.32 Å². The van der Waals surface area contributed by atoms with E-state index in [2.05, 4.69) is 38.0 Å². The molecule has 1 N–H and O–H groups in total. The molecule has 1 aromatic heterocycles. The van der Waals surface area contributed by atoms with E-state index in [0.717, 1.165) is 13.0 Å². The van der Waals surface area contributed by atoms with Crippen molar-refractivity contribution in [3.63, 3.8) is 0 Å². The van der Waals surface area contributed by atoms with Crippen molar-refractivity contribution in [3.05, 3.63) is 15.6 Å². The Balaban J connectivity index is 2.51. The highest BCUT2D eigenvalue weighted by atomic mass is 32.2. The van der Waals surface area contributed by atoms with Gasteiger partial charge in [-0.2, -0.15) is 11.8 Å². The second-order valence-electron chi connectivity index (χ2n) is 4.26. The molecule has 0 aliphatic rings. The van der Waals surface area contributed by atoms with E-state index in [1.165, 1.54) is 33.5 Å². The van der Waals surface area contributed by atoms with E-state index in [1.54, 1.807) is 0 Å². The summed E-state index contributed by atoms with van der Waals surface area (Å²) < 4.78 is 0. The third kappa shape index (κ3) is 5.40. The summed E-state index contributed by atoms with van der Waals surface area (Å²) in [5.41, 5.74) is 1.20. The van der Waals surface area contributed by atoms with E-state index in [1.807, 2.05) is 23.1 Å². The van der Waals surface area contributed by atoms with Gasteiger partial charge in [0, 0.05) is 23.1 Å². The van der Waals surface area contributed by atoms with Gasteiger partial charge in [-0.15, -0.1) is 11.3 Å². The van der Waals surface area contributed by atoms with Crippen LogP contribution in [0.2, 0.25) is 0 Å². The van der Waals surface area contributed by atoms with Crippen LogP contribution in [-0.4, -0.2) is 29.1 Å². The summed E-state index contributed by atoms with van der Waals surface area (Å²) in [7, 11) is 0. The Hall–Kier alpha value is -0.0600. The summed E-state index contributed by atoms with van der Waals surface area (Å²) in [6.45, 7) is 9.81. The van der Waals surface area contributed by atoms with Crippen LogP contribution in [0, 0.1) is 13.8 Å². The minimum absolute atomic E-state index is 0.574. The molecule has 0 bridgehead atoms. The topological polar surface area (TPSA) is 24.9 Å². The molecule has 0 aliphatic heterocycles. The molecule has 0 saturated carbocycles. The predicted molar refractivity (Wildman–Crippen MR) is 80.4 cm³/mol. The summed E-state index contributed by atoms with van der Waals surface area (Å²) in [5.74, 6) is 2.38. The van der Waals surface area contributed by atoms with Crippen LogP contribution in [0.5, 0.6) is 0 Å². The van der Waals surface area contributed by atoms with Crippen molar-refractivity contribution in [2.24, 2.45) is 0 Å². The minimum atomic E-state index is 0.574. The van der Waals surface area contributed by atoms with Gasteiger partial charge in [0.15, 0.2) is 0 Å². The van der Waals surface area contributed by atoms with E-state index in [9.17, 15) is 0 Å². The first-order valence-electron chi connectivity index (χ1n) is 6.41. The average molecular weight is 272 g/mol. The minimum Gasteiger partial charge on any atom is -0.313 e. The maximum absolute atomic E-state index is 4.64. The molecule has 1 atom stereocenters. The molecule has 0 saturated heterocycles. The zero-order chi connectivity index (χ0) is 12.7. The first-order valence-corrected chi connectivity index (χ1v) is 8.38. The number of aryl methyl sites for hydroxylation is 2. The molecule has 0 amide bonds. The van der Waals surface area contributed by atoms with Crippen molar-refractivity contribution < 1.29 is 0 Å². The van der Waals surface area contributed by atoms with Gasteiger partial charge in [0.25, 0.3) is 0 Å². The fraction of sp³-hybridized carbons (Fsp3) is 0.769. The molecule has 0 aromatic carbocycles. The van der Waals surface area contributed by atoms with E-state index < -0.39 is 0 Å². The Labute approximate surface area is 114 Å². The van der Waals surface area contributed by atoms with Gasteiger partial charge in [0.2, 0.25) is 0 Å². The monoisotopic (exact) mass is 272 g/mol. The normalized spacial score (nSPS) is 12.9. The largest absolute Gasteiger partial charge is 0.313 e. The summed E-state index contributed by atoms with van der Waals surface area (Å²) in [6, 6.07) is 0.574. The predicted octanol–water partition coefficient (Wildman–Crippen LogP) is 3.42. The van der Waals surface area contributed by atoms with Gasteiger partial charge >= 0.3 is 0 Å². The van der Waals surface area contributed by atoms with Crippen LogP contribution in [0.25, 0.3) is 0 Å². The Kier molecular flexibility index (Phi) is 7.16. The van der Waals surface area contributed by atoms with Crippen LogP contribution in [0.1, 0.15) is 35.8 Å². The quantitative estimate of drug-likeness (QED) is 0.785. The lowest BCUT2D eigenvalue weighted by molar-refractivity contribution is 0.549. The number of hydrogen-bond donors (Lipinski definition) is 1. The SMILES string of the molecule is CCCNC(CSCC)Cc1nc(C)c(C)s1. The second kappa shape index (κ2) is 8.11. The van der Waals surface area contributed by atoms with Crippen LogP contribution in [0.15, 0.2) is 0 Å². The highest BCUT2D eigenvalue weighted by Gasteiger charge is 2.12. The van der Waals surface area contributed by atoms with Gasteiger partial charge in [0.1, 0.15) is 0 Å². The fourth-order valence-electron chi connectivity index (χ4n) is 1.64. The molecule has 1 unspecified atom stereocenters. The fourth-order valence-corrected chi connectivity index (χ4v) is 3.41. The molecule has 0 fully saturated rings. The van der Waals surface area contributed by atoms with Crippen molar-refractivity contribution in [3.8, 4) is 0 Å². The van der Waals surface area contributed by atoms with Crippen molar-refractivity contribution in [1.29, 1.82) is 0 Å². The number of rotatable bonds is 8. The molecule has 0 radical (unpaired) electrons. The molecule has 1 aromatic rings. The van der Waals surface area contributed by atoms with Crippen LogP contribution in [-0.2, 0) is 6.42 Å². The molecule has 0 aliphatic carbocycles. The van der Waals surface area contributed by atoms with E-state index >= 15 is 0 Å². The summed E-state index contributed by atoms with van der Waals surface area (Å²) >= 11 is 3.86. The van der Waals surface area contributed by atoms with Gasteiger partial charge in [-0.1, -0.05) is 13.8 Å². The number of hydrogen-bond acceptors (Lipinski definition) is 4. The first-order chi connectivity index (χ1) is 8.17. The lowest BCUT2D eigenvalue weighted by atomic mass is 10.2. The van der Waals surface area contributed by atoms with Crippen molar-refractivity contribution in [2.75, 3.05) is 18.1 Å². The standard InChI is InChI=1S/C13H24N2S2/c1-5-7-14-12(9-16-6-2)8-13-15-10(3)11(4)17-13/h12,14H,5-9H2,1-4H3. The maximum Gasteiger partial charge on any atom is 0.0946 e. The zero-order valence-corrected chi connectivity index (χ0v) is 13.0. The highest BCUT2D eigenvalue weighted by Crippen LogP contribution is 2.18. The Morgan fingerprint density at radius 3 is 2.65 bits per heavy atom. The smallest absolute Gasteiger partial charge is 0.0946 e. The molecule has 1 heterocycles. The van der Waals surface area contributed by atoms with Crippen molar-refractivity contribution >= 4 is 23.1 Å². The lowest BCUT2D eigenvalue weighted by Crippen LogP contribution is -2.34. The first kappa shape index (κ1) is 15.0. The third-order valence-electron chi connectivity index (χ3n) is 2.70. The van der Waals surface area contributed by atoms with E-state index in [4.69, 9.17) is 0 Å². The Bertz CT molecular complexity index is 296. The van der Waals surface area contributed by atoms with Gasteiger partial charge in [0.05, 0.1) is 10.7 Å². The Morgan fingerprint density at radius 2 is 2.12 bits per heavy atom. The molecular weight excluding hydrogens is 248 g/mol. The number of nitrogens with one attached hydrogen (secondary N) is 1. The lowest BCUT2D eigenvalue weighted by Gasteiger charge is -2.16. The third-order valence-corrected chi connectivity index (χ3v) is 4.84. The number of thioether (sulfide) groups is 1. The molecule has 4 heteroatoms. The van der Waals surface area contributed by atoms with Crippen LogP contribution >= 0.6 is 23.1 Å². The van der Waals surface area contributed by atoms with Crippen LogP contribution in [0.4, 0.5) is 0 Å². The molecule has 2 nitrogen and oxygen atoms in total. The maximum atomic E-state index is 4.64. The van der Waals surface area contributed by atoms with Gasteiger partial charge in [-0.25, -0.2) is 4.98 Å². The highest BCUT2D eigenvalue weighted by molar-refractivity contribution is 7.99. The van der Waals surface area contributed by atoms with Gasteiger partial charge < -0.3 is 5.32 Å². The average Bonchev–Trinajstić information content (AvgIpc) is 2.62. The summed E-state index contributed by atoms with van der Waals surface area (Å²) in [6.07, 6.45) is 2.27. The van der Waals surface area contributed by atoms with Gasteiger partial charge in [-0.05, 0) is 32.6 Å². The molecule has 98 valence electrons. The summed E-state index contributed by atoms with van der Waals surface area (Å²) in [5, 5.41) is 4.91. The molecule has 17 heavy (non-hydrogen) atoms.